The first-order valence-electron chi connectivity index (χ1n) is 6.43. The zero-order valence-electron chi connectivity index (χ0n) is 11.6. The van der Waals surface area contributed by atoms with Crippen LogP contribution in [0.25, 0.3) is 11.4 Å². The molecule has 0 aliphatic carbocycles. The minimum atomic E-state index is -0.340. The summed E-state index contributed by atoms with van der Waals surface area (Å²) in [6.07, 6.45) is 0.669. The molecule has 3 aromatic rings. The van der Waals surface area contributed by atoms with E-state index in [4.69, 9.17) is 4.74 Å². The summed E-state index contributed by atoms with van der Waals surface area (Å²) < 4.78 is 23.7. The van der Waals surface area contributed by atoms with Crippen LogP contribution in [-0.4, -0.2) is 38.3 Å². The highest BCUT2D eigenvalue weighted by atomic mass is 32.2. The molecule has 22 heavy (non-hydrogen) atoms. The number of aromatic nitrogens is 5. The molecule has 1 aromatic carbocycles. The first-order valence-corrected chi connectivity index (χ1v) is 8.02. The fourth-order valence-corrected chi connectivity index (χ4v) is 3.20. The standard InChI is InChI=1S/C13H12FN5OS2/c1-20-7-6-10-15-13(22-19-10)21-12-16-11(17-18-12)8-4-2-3-5-9(8)14/h2-5H,6-7H2,1H3,(H,16,17,18). The summed E-state index contributed by atoms with van der Waals surface area (Å²) in [5, 5.41) is 7.29. The molecule has 0 spiro atoms. The Morgan fingerprint density at radius 2 is 2.18 bits per heavy atom. The molecule has 0 radical (unpaired) electrons. The number of hydrogen-bond acceptors (Lipinski definition) is 7. The summed E-state index contributed by atoms with van der Waals surface area (Å²) in [7, 11) is 1.64. The lowest BCUT2D eigenvalue weighted by molar-refractivity contribution is 0.200. The molecule has 0 fully saturated rings. The van der Waals surface area contributed by atoms with E-state index in [1.165, 1.54) is 29.4 Å². The lowest BCUT2D eigenvalue weighted by Crippen LogP contribution is -1.95. The Hall–Kier alpha value is -1.84. The molecule has 0 unspecified atom stereocenters. The molecule has 6 nitrogen and oxygen atoms in total. The summed E-state index contributed by atoms with van der Waals surface area (Å²) in [6, 6.07) is 6.42. The van der Waals surface area contributed by atoms with Gasteiger partial charge in [-0.2, -0.15) is 4.37 Å². The van der Waals surface area contributed by atoms with Gasteiger partial charge in [-0.25, -0.2) is 14.4 Å². The van der Waals surface area contributed by atoms with Crippen LogP contribution in [0.5, 0.6) is 0 Å². The Bertz CT molecular complexity index is 760. The van der Waals surface area contributed by atoms with Crippen molar-refractivity contribution in [2.45, 2.75) is 15.9 Å². The van der Waals surface area contributed by atoms with Crippen molar-refractivity contribution in [3.8, 4) is 11.4 Å². The first kappa shape index (κ1) is 15.1. The third-order valence-electron chi connectivity index (χ3n) is 2.75. The maximum atomic E-state index is 13.7. The van der Waals surface area contributed by atoms with Crippen molar-refractivity contribution < 1.29 is 9.13 Å². The minimum Gasteiger partial charge on any atom is -0.384 e. The molecule has 2 heterocycles. The van der Waals surface area contributed by atoms with Gasteiger partial charge in [0.25, 0.3) is 0 Å². The average Bonchev–Trinajstić information content (AvgIpc) is 3.16. The number of rotatable bonds is 6. The van der Waals surface area contributed by atoms with Crippen LogP contribution in [0.2, 0.25) is 0 Å². The van der Waals surface area contributed by atoms with E-state index in [1.54, 1.807) is 25.3 Å². The molecule has 114 valence electrons. The van der Waals surface area contributed by atoms with Gasteiger partial charge in [0.1, 0.15) is 11.6 Å². The molecule has 0 saturated heterocycles. The molecule has 0 aliphatic heterocycles. The first-order chi connectivity index (χ1) is 10.8. The van der Waals surface area contributed by atoms with Crippen LogP contribution >= 0.6 is 23.3 Å². The SMILES string of the molecule is COCCc1nsc(Sc2n[nH]c(-c3ccccc3F)n2)n1. The van der Waals surface area contributed by atoms with Gasteiger partial charge in [-0.05, 0) is 35.4 Å². The van der Waals surface area contributed by atoms with Crippen LogP contribution in [0.3, 0.4) is 0 Å². The summed E-state index contributed by atoms with van der Waals surface area (Å²) in [5.41, 5.74) is 0.389. The zero-order valence-corrected chi connectivity index (χ0v) is 13.2. The fraction of sp³-hybridized carbons (Fsp3) is 0.231. The fourth-order valence-electron chi connectivity index (χ4n) is 1.72. The van der Waals surface area contributed by atoms with Crippen LogP contribution < -0.4 is 0 Å². The zero-order chi connectivity index (χ0) is 15.4. The van der Waals surface area contributed by atoms with Gasteiger partial charge < -0.3 is 4.74 Å². The summed E-state index contributed by atoms with van der Waals surface area (Å²) in [5.74, 6) is 0.789. The lowest BCUT2D eigenvalue weighted by atomic mass is 10.2. The molecular formula is C13H12FN5OS2. The molecule has 0 bridgehead atoms. The van der Waals surface area contributed by atoms with Crippen molar-refractivity contribution in [2.75, 3.05) is 13.7 Å². The van der Waals surface area contributed by atoms with Crippen LogP contribution in [0, 0.1) is 5.82 Å². The number of ether oxygens (including phenoxy) is 1. The monoisotopic (exact) mass is 337 g/mol. The van der Waals surface area contributed by atoms with Gasteiger partial charge in [0, 0.05) is 13.5 Å². The third-order valence-corrected chi connectivity index (χ3v) is 4.41. The number of methoxy groups -OCH3 is 1. The topological polar surface area (TPSA) is 76.6 Å². The van der Waals surface area contributed by atoms with E-state index in [9.17, 15) is 4.39 Å². The predicted molar refractivity (Wildman–Crippen MR) is 81.4 cm³/mol. The van der Waals surface area contributed by atoms with E-state index in [0.717, 1.165) is 10.2 Å². The number of nitrogens with one attached hydrogen (secondary N) is 1. The Labute approximate surface area is 134 Å². The molecule has 0 amide bonds. The minimum absolute atomic E-state index is 0.340. The van der Waals surface area contributed by atoms with Gasteiger partial charge in [-0.15, -0.1) is 5.10 Å². The van der Waals surface area contributed by atoms with Crippen LogP contribution in [-0.2, 0) is 11.2 Å². The molecule has 2 aromatic heterocycles. The summed E-state index contributed by atoms with van der Waals surface area (Å²) in [4.78, 5) is 8.64. The second kappa shape index (κ2) is 6.95. The summed E-state index contributed by atoms with van der Waals surface area (Å²) in [6.45, 7) is 0.582. The number of H-pyrrole nitrogens is 1. The van der Waals surface area contributed by atoms with Gasteiger partial charge in [0.05, 0.1) is 12.2 Å². The summed E-state index contributed by atoms with van der Waals surface area (Å²) >= 11 is 2.57. The molecule has 0 aliphatic rings. The van der Waals surface area contributed by atoms with Crippen molar-refractivity contribution in [3.05, 3.63) is 35.9 Å². The van der Waals surface area contributed by atoms with Crippen LogP contribution in [0.1, 0.15) is 5.82 Å². The molecular weight excluding hydrogens is 325 g/mol. The predicted octanol–water partition coefficient (Wildman–Crippen LogP) is 2.80. The normalized spacial score (nSPS) is 11.0. The second-order valence-corrected chi connectivity index (χ2v) is 6.23. The van der Waals surface area contributed by atoms with Gasteiger partial charge >= 0.3 is 0 Å². The molecule has 0 atom stereocenters. The maximum Gasteiger partial charge on any atom is 0.215 e. The van der Waals surface area contributed by atoms with Gasteiger partial charge in [-0.1, -0.05) is 12.1 Å². The third kappa shape index (κ3) is 3.49. The number of halogens is 1. The van der Waals surface area contributed by atoms with E-state index < -0.39 is 0 Å². The molecule has 1 N–H and O–H groups in total. The van der Waals surface area contributed by atoms with Crippen molar-refractivity contribution in [2.24, 2.45) is 0 Å². The maximum absolute atomic E-state index is 13.7. The highest BCUT2D eigenvalue weighted by Crippen LogP contribution is 2.28. The molecule has 0 saturated carbocycles. The molecule has 3 rings (SSSR count). The highest BCUT2D eigenvalue weighted by molar-refractivity contribution is 8.00. The highest BCUT2D eigenvalue weighted by Gasteiger charge is 2.13. The smallest absolute Gasteiger partial charge is 0.215 e. The lowest BCUT2D eigenvalue weighted by Gasteiger charge is -1.96. The van der Waals surface area contributed by atoms with Gasteiger partial charge in [-0.3, -0.25) is 5.10 Å². The Kier molecular flexibility index (Phi) is 4.76. The number of benzene rings is 1. The van der Waals surface area contributed by atoms with Crippen molar-refractivity contribution in [1.82, 2.24) is 24.5 Å². The van der Waals surface area contributed by atoms with Gasteiger partial charge in [0.15, 0.2) is 10.2 Å². The van der Waals surface area contributed by atoms with Crippen molar-refractivity contribution in [1.29, 1.82) is 0 Å². The van der Waals surface area contributed by atoms with Crippen molar-refractivity contribution in [3.63, 3.8) is 0 Å². The van der Waals surface area contributed by atoms with Crippen LogP contribution in [0.4, 0.5) is 4.39 Å². The number of aromatic amines is 1. The largest absolute Gasteiger partial charge is 0.384 e. The Balaban J connectivity index is 1.72. The Morgan fingerprint density at radius 1 is 1.32 bits per heavy atom. The van der Waals surface area contributed by atoms with Crippen LogP contribution in [0.15, 0.2) is 33.8 Å². The van der Waals surface area contributed by atoms with E-state index in [2.05, 4.69) is 24.5 Å². The average molecular weight is 337 g/mol. The van der Waals surface area contributed by atoms with E-state index in [-0.39, 0.29) is 5.82 Å². The Morgan fingerprint density at radius 3 is 3.00 bits per heavy atom. The van der Waals surface area contributed by atoms with E-state index >= 15 is 0 Å². The molecule has 9 heteroatoms. The number of nitrogens with zero attached hydrogens (tertiary/aromatic N) is 4. The quantitative estimate of drug-likeness (QED) is 0.745. The number of hydrogen-bond donors (Lipinski definition) is 1. The van der Waals surface area contributed by atoms with E-state index in [1.807, 2.05) is 0 Å². The van der Waals surface area contributed by atoms with Crippen molar-refractivity contribution >= 4 is 23.3 Å². The van der Waals surface area contributed by atoms with E-state index in [0.29, 0.717) is 29.6 Å². The van der Waals surface area contributed by atoms with Gasteiger partial charge in [0.2, 0.25) is 5.16 Å². The second-order valence-electron chi connectivity index (χ2n) is 4.27.